The van der Waals surface area contributed by atoms with E-state index in [0.717, 1.165) is 56.9 Å². The molecule has 8 nitrogen and oxygen atoms in total. The van der Waals surface area contributed by atoms with Crippen molar-refractivity contribution in [1.82, 2.24) is 19.7 Å². The molecular formula is C20H28N6O2S. The van der Waals surface area contributed by atoms with Crippen LogP contribution in [0.5, 0.6) is 0 Å². The Morgan fingerprint density at radius 2 is 1.72 bits per heavy atom. The van der Waals surface area contributed by atoms with Gasteiger partial charge in [-0.15, -0.1) is 10.2 Å². The molecule has 1 aromatic heterocycles. The van der Waals surface area contributed by atoms with Crippen LogP contribution in [0.1, 0.15) is 6.92 Å². The molecule has 0 atom stereocenters. The molecule has 29 heavy (non-hydrogen) atoms. The maximum absolute atomic E-state index is 12.7. The van der Waals surface area contributed by atoms with E-state index in [0.29, 0.717) is 19.0 Å². The Bertz CT molecular complexity index is 801. The fraction of sp³-hybridized carbons (Fsp3) is 0.550. The number of amides is 1. The number of carbonyl (C=O) groups excluding carboxylic acids is 1. The zero-order valence-corrected chi connectivity index (χ0v) is 17.7. The fourth-order valence-electron chi connectivity index (χ4n) is 3.73. The molecule has 0 N–H and O–H groups in total. The van der Waals surface area contributed by atoms with Crippen LogP contribution < -0.4 is 9.80 Å². The number of anilines is 2. The highest BCUT2D eigenvalue weighted by Crippen LogP contribution is 2.23. The van der Waals surface area contributed by atoms with Gasteiger partial charge in [0.05, 0.1) is 19.0 Å². The summed E-state index contributed by atoms with van der Waals surface area (Å²) in [5, 5.41) is 9.53. The first kappa shape index (κ1) is 20.0. The first-order valence-electron chi connectivity index (χ1n) is 10.2. The van der Waals surface area contributed by atoms with E-state index in [1.54, 1.807) is 0 Å². The highest BCUT2D eigenvalue weighted by atomic mass is 32.2. The second kappa shape index (κ2) is 9.49. The lowest BCUT2D eigenvalue weighted by atomic mass is 10.2. The summed E-state index contributed by atoms with van der Waals surface area (Å²) in [5.41, 5.74) is 1.22. The predicted molar refractivity (Wildman–Crippen MR) is 115 cm³/mol. The van der Waals surface area contributed by atoms with Crippen molar-refractivity contribution >= 4 is 29.3 Å². The van der Waals surface area contributed by atoms with Gasteiger partial charge in [-0.05, 0) is 19.1 Å². The third-order valence-corrected chi connectivity index (χ3v) is 6.34. The summed E-state index contributed by atoms with van der Waals surface area (Å²) in [6, 6.07) is 10.4. The summed E-state index contributed by atoms with van der Waals surface area (Å²) >= 11 is 1.48. The second-order valence-electron chi connectivity index (χ2n) is 7.12. The molecule has 3 heterocycles. The molecule has 2 aliphatic rings. The van der Waals surface area contributed by atoms with Gasteiger partial charge in [0, 0.05) is 51.5 Å². The average Bonchev–Trinajstić information content (AvgIpc) is 3.21. The summed E-state index contributed by atoms with van der Waals surface area (Å²) in [5.74, 6) is 1.44. The molecule has 0 unspecified atom stereocenters. The zero-order valence-electron chi connectivity index (χ0n) is 16.9. The highest BCUT2D eigenvalue weighted by Gasteiger charge is 2.23. The van der Waals surface area contributed by atoms with Gasteiger partial charge in [-0.1, -0.05) is 30.0 Å². The number of hydrogen-bond acceptors (Lipinski definition) is 7. The van der Waals surface area contributed by atoms with Gasteiger partial charge in [0.2, 0.25) is 11.9 Å². The molecule has 2 aromatic rings. The van der Waals surface area contributed by atoms with E-state index in [9.17, 15) is 4.79 Å². The Hall–Kier alpha value is -2.26. The van der Waals surface area contributed by atoms with Crippen molar-refractivity contribution in [3.8, 4) is 0 Å². The number of ether oxygens (including phenoxy) is 1. The van der Waals surface area contributed by atoms with Crippen molar-refractivity contribution in [3.63, 3.8) is 0 Å². The van der Waals surface area contributed by atoms with Crippen LogP contribution in [0.15, 0.2) is 35.5 Å². The number of para-hydroxylation sites is 1. The van der Waals surface area contributed by atoms with Crippen molar-refractivity contribution in [2.24, 2.45) is 0 Å². The molecule has 2 aliphatic heterocycles. The third-order valence-electron chi connectivity index (χ3n) is 5.39. The van der Waals surface area contributed by atoms with Gasteiger partial charge in [0.25, 0.3) is 0 Å². The highest BCUT2D eigenvalue weighted by molar-refractivity contribution is 7.99. The molecule has 2 fully saturated rings. The van der Waals surface area contributed by atoms with Crippen molar-refractivity contribution < 1.29 is 9.53 Å². The number of benzene rings is 1. The Morgan fingerprint density at radius 3 is 2.41 bits per heavy atom. The normalized spacial score (nSPS) is 17.6. The van der Waals surface area contributed by atoms with Gasteiger partial charge in [-0.25, -0.2) is 0 Å². The van der Waals surface area contributed by atoms with Gasteiger partial charge in [-0.3, -0.25) is 9.36 Å². The molecule has 1 amide bonds. The largest absolute Gasteiger partial charge is 0.378 e. The second-order valence-corrected chi connectivity index (χ2v) is 8.06. The lowest BCUT2D eigenvalue weighted by Crippen LogP contribution is -2.49. The van der Waals surface area contributed by atoms with Crippen molar-refractivity contribution in [2.45, 2.75) is 18.6 Å². The van der Waals surface area contributed by atoms with E-state index in [2.05, 4.69) is 55.8 Å². The van der Waals surface area contributed by atoms with E-state index in [1.807, 2.05) is 11.0 Å². The molecule has 0 bridgehead atoms. The minimum Gasteiger partial charge on any atom is -0.378 e. The summed E-state index contributed by atoms with van der Waals surface area (Å²) in [6.07, 6.45) is 0. The van der Waals surface area contributed by atoms with Gasteiger partial charge in [0.1, 0.15) is 0 Å². The molecule has 0 radical (unpaired) electrons. The number of nitrogens with zero attached hydrogens (tertiary/aromatic N) is 6. The summed E-state index contributed by atoms with van der Waals surface area (Å²) in [7, 11) is 0. The molecule has 0 aliphatic carbocycles. The number of hydrogen-bond donors (Lipinski definition) is 0. The van der Waals surface area contributed by atoms with Crippen LogP contribution in [0.3, 0.4) is 0 Å². The van der Waals surface area contributed by atoms with Crippen LogP contribution in [-0.2, 0) is 16.1 Å². The Morgan fingerprint density at radius 1 is 1.00 bits per heavy atom. The SMILES string of the molecule is CCn1c(SCC(=O)N2CCN(c3ccccc3)CC2)nnc1N1CCOCC1. The van der Waals surface area contributed by atoms with Crippen LogP contribution in [0.4, 0.5) is 11.6 Å². The Labute approximate surface area is 175 Å². The van der Waals surface area contributed by atoms with Gasteiger partial charge < -0.3 is 19.4 Å². The monoisotopic (exact) mass is 416 g/mol. The van der Waals surface area contributed by atoms with Crippen LogP contribution >= 0.6 is 11.8 Å². The zero-order chi connectivity index (χ0) is 20.1. The lowest BCUT2D eigenvalue weighted by Gasteiger charge is -2.36. The summed E-state index contributed by atoms with van der Waals surface area (Å²) in [6.45, 7) is 9.20. The van der Waals surface area contributed by atoms with E-state index in [4.69, 9.17) is 4.74 Å². The number of morpholine rings is 1. The Balaban J connectivity index is 1.30. The minimum absolute atomic E-state index is 0.168. The topological polar surface area (TPSA) is 66.7 Å². The molecule has 0 saturated carbocycles. The smallest absolute Gasteiger partial charge is 0.233 e. The van der Waals surface area contributed by atoms with E-state index < -0.39 is 0 Å². The van der Waals surface area contributed by atoms with E-state index >= 15 is 0 Å². The number of aromatic nitrogens is 3. The first-order chi connectivity index (χ1) is 14.3. The third kappa shape index (κ3) is 4.67. The Kier molecular flexibility index (Phi) is 6.56. The summed E-state index contributed by atoms with van der Waals surface area (Å²) < 4.78 is 7.52. The van der Waals surface area contributed by atoms with E-state index in [1.165, 1.54) is 17.4 Å². The van der Waals surface area contributed by atoms with Crippen LogP contribution in [0, 0.1) is 0 Å². The van der Waals surface area contributed by atoms with Gasteiger partial charge in [-0.2, -0.15) is 0 Å². The fourth-order valence-corrected chi connectivity index (χ4v) is 4.63. The number of thioether (sulfide) groups is 1. The van der Waals surface area contributed by atoms with E-state index in [-0.39, 0.29) is 5.91 Å². The number of carbonyl (C=O) groups is 1. The number of piperazine rings is 1. The standard InChI is InChI=1S/C20H28N6O2S/c1-2-26-19(25-12-14-28-15-13-25)21-22-20(26)29-16-18(27)24-10-8-23(9-11-24)17-6-4-3-5-7-17/h3-7H,2,8-16H2,1H3. The van der Waals surface area contributed by atoms with Crippen molar-refractivity contribution in [2.75, 3.05) is 68.0 Å². The van der Waals surface area contributed by atoms with Crippen molar-refractivity contribution in [1.29, 1.82) is 0 Å². The minimum atomic E-state index is 0.168. The molecule has 0 spiro atoms. The molecular weight excluding hydrogens is 388 g/mol. The molecule has 156 valence electrons. The maximum atomic E-state index is 12.7. The molecule has 2 saturated heterocycles. The van der Waals surface area contributed by atoms with Gasteiger partial charge in [0.15, 0.2) is 5.16 Å². The lowest BCUT2D eigenvalue weighted by molar-refractivity contribution is -0.128. The number of rotatable bonds is 6. The quantitative estimate of drug-likeness (QED) is 0.662. The molecule has 4 rings (SSSR count). The van der Waals surface area contributed by atoms with Crippen molar-refractivity contribution in [3.05, 3.63) is 30.3 Å². The van der Waals surface area contributed by atoms with Crippen LogP contribution in [0.25, 0.3) is 0 Å². The average molecular weight is 417 g/mol. The molecule has 1 aromatic carbocycles. The molecule has 9 heteroatoms. The first-order valence-corrected chi connectivity index (χ1v) is 11.2. The van der Waals surface area contributed by atoms with Crippen LogP contribution in [0.2, 0.25) is 0 Å². The van der Waals surface area contributed by atoms with Crippen LogP contribution in [-0.4, -0.2) is 83.8 Å². The predicted octanol–water partition coefficient (Wildman–Crippen LogP) is 1.58. The summed E-state index contributed by atoms with van der Waals surface area (Å²) in [4.78, 5) is 19.2. The van der Waals surface area contributed by atoms with Gasteiger partial charge >= 0.3 is 0 Å². The maximum Gasteiger partial charge on any atom is 0.233 e.